The van der Waals surface area contributed by atoms with Crippen LogP contribution in [0.1, 0.15) is 90.4 Å². The van der Waals surface area contributed by atoms with E-state index >= 15 is 0 Å². The molecule has 2 aromatic rings. The van der Waals surface area contributed by atoms with Crippen molar-refractivity contribution in [2.45, 2.75) is 104 Å². The van der Waals surface area contributed by atoms with E-state index in [-0.39, 0.29) is 43.2 Å². The molecule has 2 heterocycles. The van der Waals surface area contributed by atoms with Gasteiger partial charge in [0.25, 0.3) is 0 Å². The first kappa shape index (κ1) is 34.2. The highest BCUT2D eigenvalue weighted by atomic mass is 32.1. The third-order valence-electron chi connectivity index (χ3n) is 7.65. The summed E-state index contributed by atoms with van der Waals surface area (Å²) in [4.78, 5) is 58.4. The first-order chi connectivity index (χ1) is 20.3. The zero-order valence-electron chi connectivity index (χ0n) is 26.1. The molecule has 1 aromatic carbocycles. The van der Waals surface area contributed by atoms with Crippen molar-refractivity contribution in [3.05, 3.63) is 41.0 Å². The molecule has 4 unspecified atom stereocenters. The number of carbonyl (C=O) groups is 4. The molecule has 0 aliphatic carbocycles. The zero-order chi connectivity index (χ0) is 31.7. The van der Waals surface area contributed by atoms with E-state index in [0.29, 0.717) is 32.3 Å². The molecule has 3 N–H and O–H groups in total. The average Bonchev–Trinajstić information content (AvgIpc) is 3.56. The Morgan fingerprint density at radius 3 is 2.37 bits per heavy atom. The lowest BCUT2D eigenvalue weighted by Gasteiger charge is -2.35. The van der Waals surface area contributed by atoms with E-state index in [4.69, 9.17) is 4.74 Å². The number of hydrogen-bond acceptors (Lipinski definition) is 8. The van der Waals surface area contributed by atoms with Gasteiger partial charge in [-0.15, -0.1) is 11.3 Å². The summed E-state index contributed by atoms with van der Waals surface area (Å²) in [5, 5.41) is 16.4. The number of thiazole rings is 1. The summed E-state index contributed by atoms with van der Waals surface area (Å²) in [6, 6.07) is 5.90. The second-order valence-corrected chi connectivity index (χ2v) is 13.1. The number of carbonyl (C=O) groups excluding carboxylic acids is 4. The van der Waals surface area contributed by atoms with Gasteiger partial charge in [-0.05, 0) is 50.2 Å². The van der Waals surface area contributed by atoms with Gasteiger partial charge in [-0.2, -0.15) is 0 Å². The van der Waals surface area contributed by atoms with Crippen LogP contribution in [0.2, 0.25) is 0 Å². The monoisotopic (exact) mass is 614 g/mol. The summed E-state index contributed by atoms with van der Waals surface area (Å²) in [5.41, 5.74) is 4.13. The van der Waals surface area contributed by atoms with Gasteiger partial charge >= 0.3 is 5.97 Å². The van der Waals surface area contributed by atoms with Crippen molar-refractivity contribution in [2.24, 2.45) is 5.41 Å². The fraction of sp³-hybridized carbons (Fsp3) is 0.594. The number of benzene rings is 1. The molecule has 4 atom stereocenters. The molecule has 1 saturated heterocycles. The van der Waals surface area contributed by atoms with Crippen molar-refractivity contribution < 1.29 is 29.0 Å². The summed E-state index contributed by atoms with van der Waals surface area (Å²) < 4.78 is 4.92. The van der Waals surface area contributed by atoms with Gasteiger partial charge in [0.15, 0.2) is 0 Å². The number of nitrogens with zero attached hydrogens (tertiary/aromatic N) is 2. The number of aliphatic hydroxyl groups is 1. The lowest BCUT2D eigenvalue weighted by molar-refractivity contribution is -0.144. The maximum atomic E-state index is 13.8. The molecule has 236 valence electrons. The maximum absolute atomic E-state index is 13.8. The number of β-amino-alcohol motifs (C(OH)–C–C–N with tert-alkyl or cyclic N) is 1. The Hall–Kier alpha value is -3.31. The quantitative estimate of drug-likeness (QED) is 0.226. The molecule has 0 bridgehead atoms. The van der Waals surface area contributed by atoms with E-state index in [2.05, 4.69) is 15.6 Å². The average molecular weight is 615 g/mol. The molecule has 11 heteroatoms. The Morgan fingerprint density at radius 1 is 1.09 bits per heavy atom. The minimum atomic E-state index is -0.875. The Labute approximate surface area is 258 Å². The Bertz CT molecular complexity index is 1260. The van der Waals surface area contributed by atoms with Crippen molar-refractivity contribution in [3.63, 3.8) is 0 Å². The van der Waals surface area contributed by atoms with E-state index in [1.165, 1.54) is 4.90 Å². The van der Waals surface area contributed by atoms with Gasteiger partial charge in [-0.1, -0.05) is 51.5 Å². The van der Waals surface area contributed by atoms with Crippen molar-refractivity contribution >= 4 is 35.0 Å². The third kappa shape index (κ3) is 9.59. The van der Waals surface area contributed by atoms with Crippen molar-refractivity contribution in [1.29, 1.82) is 0 Å². The highest BCUT2D eigenvalue weighted by Crippen LogP contribution is 2.29. The van der Waals surface area contributed by atoms with E-state index in [0.717, 1.165) is 21.7 Å². The highest BCUT2D eigenvalue weighted by molar-refractivity contribution is 7.13. The van der Waals surface area contributed by atoms with Crippen LogP contribution in [0.15, 0.2) is 29.8 Å². The number of amides is 3. The van der Waals surface area contributed by atoms with E-state index in [1.54, 1.807) is 18.3 Å². The number of hydrogen-bond donors (Lipinski definition) is 3. The number of aryl methyl sites for hydroxylation is 1. The SMILES string of the molecule is CCOC(=O)CCCCCC(=O)NC(C(=O)N1CC(O)CC1C(=O)NC(C)c1ccc(-c2scnc2C)cc1)C(C)(C)C. The number of aliphatic hydroxyl groups excluding tert-OH is 1. The molecule has 3 rings (SSSR count). The van der Waals surface area contributed by atoms with E-state index < -0.39 is 29.5 Å². The van der Waals surface area contributed by atoms with Gasteiger partial charge in [0.05, 0.1) is 34.8 Å². The fourth-order valence-electron chi connectivity index (χ4n) is 5.21. The number of unbranched alkanes of at least 4 members (excludes halogenated alkanes) is 2. The van der Waals surface area contributed by atoms with Crippen LogP contribution >= 0.6 is 11.3 Å². The molecular weight excluding hydrogens is 568 g/mol. The van der Waals surface area contributed by atoms with Crippen LogP contribution in [-0.2, 0) is 23.9 Å². The fourth-order valence-corrected chi connectivity index (χ4v) is 6.03. The lowest BCUT2D eigenvalue weighted by atomic mass is 9.85. The number of likely N-dealkylation sites (tertiary alicyclic amines) is 1. The number of ether oxygens (including phenoxy) is 1. The topological polar surface area (TPSA) is 138 Å². The molecule has 1 aliphatic rings. The Kier molecular flexibility index (Phi) is 12.3. The molecule has 1 fully saturated rings. The Morgan fingerprint density at radius 2 is 1.77 bits per heavy atom. The normalized spacial score (nSPS) is 18.2. The standard InChI is InChI=1S/C32H46N4O6S/c1-7-42-27(39)12-10-8-9-11-26(38)35-29(32(4,5)6)31(41)36-18-24(37)17-25(36)30(40)34-20(2)22-13-15-23(16-14-22)28-21(3)33-19-43-28/h13-16,19-20,24-25,29,37H,7-12,17-18H2,1-6H3,(H,34,40)(H,35,38). The smallest absolute Gasteiger partial charge is 0.305 e. The second-order valence-electron chi connectivity index (χ2n) is 12.2. The summed E-state index contributed by atoms with van der Waals surface area (Å²) in [7, 11) is 0. The van der Waals surface area contributed by atoms with Crippen LogP contribution in [0.4, 0.5) is 0 Å². The molecule has 43 heavy (non-hydrogen) atoms. The van der Waals surface area contributed by atoms with E-state index in [1.807, 2.05) is 64.4 Å². The van der Waals surface area contributed by atoms with Crippen molar-refractivity contribution in [2.75, 3.05) is 13.2 Å². The summed E-state index contributed by atoms with van der Waals surface area (Å²) >= 11 is 1.58. The van der Waals surface area contributed by atoms with Gasteiger partial charge in [0.1, 0.15) is 12.1 Å². The van der Waals surface area contributed by atoms with Crippen LogP contribution in [0.3, 0.4) is 0 Å². The molecule has 1 aliphatic heterocycles. The number of rotatable bonds is 13. The van der Waals surface area contributed by atoms with Crippen LogP contribution in [0.5, 0.6) is 0 Å². The first-order valence-corrected chi connectivity index (χ1v) is 15.9. The lowest BCUT2D eigenvalue weighted by Crippen LogP contribution is -2.57. The zero-order valence-corrected chi connectivity index (χ0v) is 27.0. The van der Waals surface area contributed by atoms with Gasteiger partial charge in [0, 0.05) is 25.8 Å². The van der Waals surface area contributed by atoms with Gasteiger partial charge in [0.2, 0.25) is 17.7 Å². The van der Waals surface area contributed by atoms with Crippen LogP contribution in [-0.4, -0.2) is 70.0 Å². The van der Waals surface area contributed by atoms with Crippen molar-refractivity contribution in [1.82, 2.24) is 20.5 Å². The molecule has 3 amide bonds. The minimum Gasteiger partial charge on any atom is -0.466 e. The first-order valence-electron chi connectivity index (χ1n) is 15.1. The summed E-state index contributed by atoms with van der Waals surface area (Å²) in [6.07, 6.45) is 1.71. The second kappa shape index (κ2) is 15.4. The minimum absolute atomic E-state index is 0.0184. The predicted octanol–water partition coefficient (Wildman–Crippen LogP) is 4.30. The molecule has 0 radical (unpaired) electrons. The molecule has 0 saturated carbocycles. The van der Waals surface area contributed by atoms with Gasteiger partial charge < -0.3 is 25.4 Å². The molecule has 1 aromatic heterocycles. The van der Waals surface area contributed by atoms with E-state index in [9.17, 15) is 24.3 Å². The number of esters is 1. The predicted molar refractivity (Wildman–Crippen MR) is 166 cm³/mol. The van der Waals surface area contributed by atoms with Gasteiger partial charge in [-0.3, -0.25) is 19.2 Å². The van der Waals surface area contributed by atoms with Crippen LogP contribution in [0, 0.1) is 12.3 Å². The third-order valence-corrected chi connectivity index (χ3v) is 8.63. The number of nitrogens with one attached hydrogen (secondary N) is 2. The summed E-state index contributed by atoms with van der Waals surface area (Å²) in [5.74, 6) is -1.25. The summed E-state index contributed by atoms with van der Waals surface area (Å²) in [6.45, 7) is 11.6. The largest absolute Gasteiger partial charge is 0.466 e. The Balaban J connectivity index is 1.60. The molecule has 0 spiro atoms. The molecular formula is C32H46N4O6S. The maximum Gasteiger partial charge on any atom is 0.305 e. The van der Waals surface area contributed by atoms with Gasteiger partial charge in [-0.25, -0.2) is 4.98 Å². The highest BCUT2D eigenvalue weighted by Gasteiger charge is 2.44. The van der Waals surface area contributed by atoms with Crippen LogP contribution < -0.4 is 10.6 Å². The van der Waals surface area contributed by atoms with Crippen LogP contribution in [0.25, 0.3) is 10.4 Å². The van der Waals surface area contributed by atoms with Crippen molar-refractivity contribution in [3.8, 4) is 10.4 Å². The molecule has 10 nitrogen and oxygen atoms in total. The number of aromatic nitrogens is 1.